The second kappa shape index (κ2) is 4.55. The van der Waals surface area contributed by atoms with E-state index in [0.29, 0.717) is 5.92 Å². The lowest BCUT2D eigenvalue weighted by molar-refractivity contribution is -0.136. The molecular weight excluding hydrogens is 224 g/mol. The molecule has 0 fully saturated rings. The van der Waals surface area contributed by atoms with Crippen molar-refractivity contribution in [3.05, 3.63) is 21.4 Å². The Kier molecular flexibility index (Phi) is 3.30. The first-order chi connectivity index (χ1) is 7.61. The van der Waals surface area contributed by atoms with E-state index in [1.165, 1.54) is 10.4 Å². The molecule has 2 atom stereocenters. The number of carbonyl (C=O) groups is 1. The molecule has 16 heavy (non-hydrogen) atoms. The molecule has 2 unspecified atom stereocenters. The third kappa shape index (κ3) is 2.13. The van der Waals surface area contributed by atoms with Crippen molar-refractivity contribution < 1.29 is 14.6 Å². The maximum atomic E-state index is 10.7. The molecule has 1 N–H and O–H groups in total. The number of hydrogen-bond acceptors (Lipinski definition) is 3. The van der Waals surface area contributed by atoms with Gasteiger partial charge in [0, 0.05) is 16.9 Å². The van der Waals surface area contributed by atoms with Crippen LogP contribution in [0.15, 0.2) is 6.07 Å². The number of aliphatic carboxylic acids is 1. The van der Waals surface area contributed by atoms with Crippen molar-refractivity contribution in [2.75, 3.05) is 7.11 Å². The van der Waals surface area contributed by atoms with Crippen LogP contribution < -0.4 is 0 Å². The van der Waals surface area contributed by atoms with E-state index >= 15 is 0 Å². The van der Waals surface area contributed by atoms with Crippen LogP contribution in [0.5, 0.6) is 0 Å². The molecule has 1 heterocycles. The van der Waals surface area contributed by atoms with Gasteiger partial charge in [0.15, 0.2) is 0 Å². The summed E-state index contributed by atoms with van der Waals surface area (Å²) in [4.78, 5) is 12.9. The highest BCUT2D eigenvalue weighted by molar-refractivity contribution is 7.12. The topological polar surface area (TPSA) is 46.5 Å². The van der Waals surface area contributed by atoms with E-state index in [2.05, 4.69) is 6.92 Å². The van der Waals surface area contributed by atoms with Crippen molar-refractivity contribution in [2.45, 2.75) is 38.2 Å². The SMILES string of the molecule is COC1CCC(C)c2sc(CC(=O)O)cc21. The lowest BCUT2D eigenvalue weighted by atomic mass is 9.88. The summed E-state index contributed by atoms with van der Waals surface area (Å²) in [6, 6.07) is 2.01. The van der Waals surface area contributed by atoms with E-state index in [-0.39, 0.29) is 12.5 Å². The van der Waals surface area contributed by atoms with Gasteiger partial charge in [-0.05, 0) is 30.4 Å². The average molecular weight is 240 g/mol. The Balaban J connectivity index is 2.31. The highest BCUT2D eigenvalue weighted by Gasteiger charge is 2.27. The van der Waals surface area contributed by atoms with Crippen molar-refractivity contribution in [3.8, 4) is 0 Å². The number of rotatable bonds is 3. The van der Waals surface area contributed by atoms with Crippen molar-refractivity contribution in [1.82, 2.24) is 0 Å². The molecular formula is C12H16O3S. The highest BCUT2D eigenvalue weighted by Crippen LogP contribution is 2.43. The van der Waals surface area contributed by atoms with Crippen molar-refractivity contribution >= 4 is 17.3 Å². The van der Waals surface area contributed by atoms with E-state index in [0.717, 1.165) is 17.7 Å². The smallest absolute Gasteiger partial charge is 0.308 e. The molecule has 88 valence electrons. The second-order valence-corrected chi connectivity index (χ2v) is 5.47. The average Bonchev–Trinajstić information content (AvgIpc) is 2.62. The standard InChI is InChI=1S/C12H16O3S/c1-7-3-4-10(15-2)9-5-8(6-11(13)14)16-12(7)9/h5,7,10H,3-4,6H2,1-2H3,(H,13,14). The van der Waals surface area contributed by atoms with Crippen LogP contribution in [0.2, 0.25) is 0 Å². The van der Waals surface area contributed by atoms with E-state index in [1.54, 1.807) is 18.4 Å². The molecule has 0 spiro atoms. The molecule has 1 aromatic rings. The molecule has 1 aromatic heterocycles. The number of ether oxygens (including phenoxy) is 1. The molecule has 1 aliphatic carbocycles. The third-order valence-electron chi connectivity index (χ3n) is 3.11. The molecule has 0 amide bonds. The first-order valence-electron chi connectivity index (χ1n) is 5.49. The minimum Gasteiger partial charge on any atom is -0.481 e. The van der Waals surface area contributed by atoms with Crippen molar-refractivity contribution in [1.29, 1.82) is 0 Å². The largest absolute Gasteiger partial charge is 0.481 e. The van der Waals surface area contributed by atoms with Gasteiger partial charge in [-0.25, -0.2) is 0 Å². The molecule has 0 aromatic carbocycles. The maximum Gasteiger partial charge on any atom is 0.308 e. The van der Waals surface area contributed by atoms with Crippen LogP contribution in [0.3, 0.4) is 0 Å². The monoisotopic (exact) mass is 240 g/mol. The van der Waals surface area contributed by atoms with Gasteiger partial charge in [0.1, 0.15) is 0 Å². The van der Waals surface area contributed by atoms with Crippen LogP contribution in [-0.4, -0.2) is 18.2 Å². The summed E-state index contributed by atoms with van der Waals surface area (Å²) >= 11 is 1.63. The molecule has 0 radical (unpaired) electrons. The predicted octanol–water partition coefficient (Wildman–Crippen LogP) is 2.96. The number of methoxy groups -OCH3 is 1. The van der Waals surface area contributed by atoms with Gasteiger partial charge in [0.05, 0.1) is 12.5 Å². The lowest BCUT2D eigenvalue weighted by Gasteiger charge is -2.25. The Labute approximate surface area is 99.1 Å². The van der Waals surface area contributed by atoms with E-state index < -0.39 is 5.97 Å². The minimum atomic E-state index is -0.764. The van der Waals surface area contributed by atoms with Gasteiger partial charge < -0.3 is 9.84 Å². The van der Waals surface area contributed by atoms with Gasteiger partial charge in [0.2, 0.25) is 0 Å². The van der Waals surface area contributed by atoms with Gasteiger partial charge in [0.25, 0.3) is 0 Å². The number of thiophene rings is 1. The van der Waals surface area contributed by atoms with Gasteiger partial charge in [-0.3, -0.25) is 4.79 Å². The molecule has 1 aliphatic rings. The Bertz CT molecular complexity index is 397. The van der Waals surface area contributed by atoms with Gasteiger partial charge >= 0.3 is 5.97 Å². The summed E-state index contributed by atoms with van der Waals surface area (Å²) in [6.07, 6.45) is 2.44. The van der Waals surface area contributed by atoms with E-state index in [9.17, 15) is 4.79 Å². The molecule has 0 aliphatic heterocycles. The Morgan fingerprint density at radius 1 is 1.62 bits per heavy atom. The van der Waals surface area contributed by atoms with Crippen molar-refractivity contribution in [3.63, 3.8) is 0 Å². The number of carboxylic acids is 1. The maximum absolute atomic E-state index is 10.7. The summed E-state index contributed by atoms with van der Waals surface area (Å²) in [5.74, 6) is -0.228. The van der Waals surface area contributed by atoms with Crippen LogP contribution in [-0.2, 0) is 16.0 Å². The van der Waals surface area contributed by atoms with Gasteiger partial charge in [-0.2, -0.15) is 0 Å². The summed E-state index contributed by atoms with van der Waals surface area (Å²) in [7, 11) is 1.72. The quantitative estimate of drug-likeness (QED) is 0.883. The van der Waals surface area contributed by atoms with Gasteiger partial charge in [-0.15, -0.1) is 11.3 Å². The Hall–Kier alpha value is -0.870. The number of fused-ring (bicyclic) bond motifs is 1. The Morgan fingerprint density at radius 2 is 2.38 bits per heavy atom. The normalized spacial score (nSPS) is 24.1. The lowest BCUT2D eigenvalue weighted by Crippen LogP contribution is -2.11. The fourth-order valence-electron chi connectivity index (χ4n) is 2.28. The predicted molar refractivity (Wildman–Crippen MR) is 63.1 cm³/mol. The van der Waals surface area contributed by atoms with E-state index in [4.69, 9.17) is 9.84 Å². The van der Waals surface area contributed by atoms with Crippen LogP contribution in [0.1, 0.15) is 47.1 Å². The summed E-state index contributed by atoms with van der Waals surface area (Å²) in [5.41, 5.74) is 1.21. The first kappa shape index (κ1) is 11.6. The zero-order valence-corrected chi connectivity index (χ0v) is 10.3. The molecule has 0 saturated heterocycles. The summed E-state index contributed by atoms with van der Waals surface area (Å²) < 4.78 is 5.44. The fourth-order valence-corrected chi connectivity index (χ4v) is 3.57. The van der Waals surface area contributed by atoms with Crippen molar-refractivity contribution in [2.24, 2.45) is 0 Å². The third-order valence-corrected chi connectivity index (χ3v) is 4.49. The van der Waals surface area contributed by atoms with Crippen LogP contribution in [0, 0.1) is 0 Å². The molecule has 4 heteroatoms. The fraction of sp³-hybridized carbons (Fsp3) is 0.583. The Morgan fingerprint density at radius 3 is 3.00 bits per heavy atom. The second-order valence-electron chi connectivity index (χ2n) is 4.31. The molecule has 0 saturated carbocycles. The molecule has 2 rings (SSSR count). The number of carboxylic acid groups (broad SMARTS) is 1. The summed E-state index contributed by atoms with van der Waals surface area (Å²) in [5, 5.41) is 8.79. The highest BCUT2D eigenvalue weighted by atomic mass is 32.1. The number of hydrogen-bond donors (Lipinski definition) is 1. The molecule has 3 nitrogen and oxygen atoms in total. The minimum absolute atomic E-state index is 0.126. The zero-order chi connectivity index (χ0) is 11.7. The van der Waals surface area contributed by atoms with Crippen LogP contribution in [0.25, 0.3) is 0 Å². The zero-order valence-electron chi connectivity index (χ0n) is 9.53. The van der Waals surface area contributed by atoms with Gasteiger partial charge in [-0.1, -0.05) is 6.92 Å². The van der Waals surface area contributed by atoms with Crippen LogP contribution in [0.4, 0.5) is 0 Å². The first-order valence-corrected chi connectivity index (χ1v) is 6.30. The van der Waals surface area contributed by atoms with Crippen LogP contribution >= 0.6 is 11.3 Å². The molecule has 0 bridgehead atoms. The van der Waals surface area contributed by atoms with E-state index in [1.807, 2.05) is 6.07 Å². The summed E-state index contributed by atoms with van der Waals surface area (Å²) in [6.45, 7) is 2.20.